The first kappa shape index (κ1) is 11.2. The minimum Gasteiger partial charge on any atom is -0.372 e. The molecule has 0 aromatic heterocycles. The second-order valence-electron chi connectivity index (χ2n) is 4.66. The molecule has 2 heteroatoms. The van der Waals surface area contributed by atoms with E-state index in [2.05, 4.69) is 42.8 Å². The van der Waals surface area contributed by atoms with Crippen molar-refractivity contribution in [3.8, 4) is 0 Å². The molecule has 0 amide bonds. The number of hydrogen-bond donors (Lipinski definition) is 1. The zero-order valence-electron chi connectivity index (χ0n) is 9.95. The van der Waals surface area contributed by atoms with Crippen LogP contribution in [0.5, 0.6) is 0 Å². The highest BCUT2D eigenvalue weighted by Gasteiger charge is 2.15. The Morgan fingerprint density at radius 3 is 3.06 bits per heavy atom. The average Bonchev–Trinajstić information content (AvgIpc) is 2.62. The van der Waals surface area contributed by atoms with Crippen molar-refractivity contribution in [2.75, 3.05) is 13.1 Å². The molecule has 2 aliphatic heterocycles. The average molecular weight is 216 g/mol. The molecule has 0 saturated heterocycles. The summed E-state index contributed by atoms with van der Waals surface area (Å²) in [5.41, 5.74) is 9.96. The molecule has 2 heterocycles. The SMILES string of the molecule is C=C1/C=C(CC)\C=C2\C=CN(C2)CC(N)C1. The van der Waals surface area contributed by atoms with Gasteiger partial charge in [0.15, 0.2) is 0 Å². The predicted molar refractivity (Wildman–Crippen MR) is 68.9 cm³/mol. The number of hydrogen-bond acceptors (Lipinski definition) is 2. The van der Waals surface area contributed by atoms with E-state index in [-0.39, 0.29) is 6.04 Å². The topological polar surface area (TPSA) is 29.3 Å². The van der Waals surface area contributed by atoms with E-state index in [1.807, 2.05) is 0 Å². The van der Waals surface area contributed by atoms with Gasteiger partial charge in [-0.15, -0.1) is 0 Å². The molecule has 0 radical (unpaired) electrons. The molecule has 16 heavy (non-hydrogen) atoms. The zero-order chi connectivity index (χ0) is 11.5. The Morgan fingerprint density at radius 2 is 2.31 bits per heavy atom. The lowest BCUT2D eigenvalue weighted by Gasteiger charge is -2.22. The van der Waals surface area contributed by atoms with Crippen LogP contribution >= 0.6 is 0 Å². The van der Waals surface area contributed by atoms with Gasteiger partial charge in [0, 0.05) is 19.1 Å². The molecular formula is C14H20N2. The second kappa shape index (κ2) is 4.71. The quantitative estimate of drug-likeness (QED) is 0.729. The molecule has 0 spiro atoms. The van der Waals surface area contributed by atoms with Crippen molar-refractivity contribution in [3.63, 3.8) is 0 Å². The zero-order valence-corrected chi connectivity index (χ0v) is 9.95. The molecular weight excluding hydrogens is 196 g/mol. The van der Waals surface area contributed by atoms with Crippen LogP contribution in [-0.2, 0) is 0 Å². The first-order chi connectivity index (χ1) is 7.67. The predicted octanol–water partition coefficient (Wildman–Crippen LogP) is 2.37. The summed E-state index contributed by atoms with van der Waals surface area (Å²) in [4.78, 5) is 2.28. The lowest BCUT2D eigenvalue weighted by atomic mass is 10.0. The Bertz CT molecular complexity index is 374. The molecule has 2 N–H and O–H groups in total. The van der Waals surface area contributed by atoms with Crippen LogP contribution in [0.4, 0.5) is 0 Å². The lowest BCUT2D eigenvalue weighted by molar-refractivity contribution is 0.385. The molecule has 2 aliphatic rings. The summed E-state index contributed by atoms with van der Waals surface area (Å²) >= 11 is 0. The van der Waals surface area contributed by atoms with Gasteiger partial charge < -0.3 is 10.6 Å². The Morgan fingerprint density at radius 1 is 1.50 bits per heavy atom. The van der Waals surface area contributed by atoms with Crippen LogP contribution in [-0.4, -0.2) is 24.0 Å². The summed E-state index contributed by atoms with van der Waals surface area (Å²) in [7, 11) is 0. The van der Waals surface area contributed by atoms with Gasteiger partial charge in [-0.3, -0.25) is 0 Å². The highest BCUT2D eigenvalue weighted by molar-refractivity contribution is 5.38. The van der Waals surface area contributed by atoms with Crippen LogP contribution in [0.2, 0.25) is 0 Å². The molecule has 0 fully saturated rings. The Kier molecular flexibility index (Phi) is 3.30. The van der Waals surface area contributed by atoms with E-state index in [9.17, 15) is 0 Å². The van der Waals surface area contributed by atoms with Crippen LogP contribution in [0.25, 0.3) is 0 Å². The summed E-state index contributed by atoms with van der Waals surface area (Å²) in [5, 5.41) is 0. The van der Waals surface area contributed by atoms with E-state index in [1.54, 1.807) is 0 Å². The van der Waals surface area contributed by atoms with Crippen molar-refractivity contribution in [1.29, 1.82) is 0 Å². The maximum Gasteiger partial charge on any atom is 0.0425 e. The van der Waals surface area contributed by atoms with E-state index in [4.69, 9.17) is 5.73 Å². The molecule has 0 aliphatic carbocycles. The van der Waals surface area contributed by atoms with Gasteiger partial charge in [0.05, 0.1) is 0 Å². The summed E-state index contributed by atoms with van der Waals surface area (Å²) in [6, 6.07) is 0.184. The molecule has 2 rings (SSSR count). The maximum absolute atomic E-state index is 6.10. The number of nitrogens with zero attached hydrogens (tertiary/aromatic N) is 1. The third-order valence-corrected chi connectivity index (χ3v) is 3.05. The third kappa shape index (κ3) is 2.64. The van der Waals surface area contributed by atoms with Crippen LogP contribution in [0.3, 0.4) is 0 Å². The first-order valence-electron chi connectivity index (χ1n) is 5.94. The van der Waals surface area contributed by atoms with Crippen LogP contribution in [0, 0.1) is 0 Å². The summed E-state index contributed by atoms with van der Waals surface area (Å²) in [5.74, 6) is 0. The Labute approximate surface area is 97.8 Å². The second-order valence-corrected chi connectivity index (χ2v) is 4.66. The molecule has 0 saturated carbocycles. The van der Waals surface area contributed by atoms with Crippen molar-refractivity contribution in [1.82, 2.24) is 4.90 Å². The summed E-state index contributed by atoms with van der Waals surface area (Å²) < 4.78 is 0. The van der Waals surface area contributed by atoms with Crippen molar-refractivity contribution >= 4 is 0 Å². The van der Waals surface area contributed by atoms with E-state index in [0.29, 0.717) is 0 Å². The monoisotopic (exact) mass is 216 g/mol. The molecule has 0 aromatic carbocycles. The Hall–Kier alpha value is -1.28. The molecule has 2 nitrogen and oxygen atoms in total. The van der Waals surface area contributed by atoms with E-state index >= 15 is 0 Å². The van der Waals surface area contributed by atoms with Gasteiger partial charge in [-0.2, -0.15) is 0 Å². The fourth-order valence-corrected chi connectivity index (χ4v) is 2.27. The lowest BCUT2D eigenvalue weighted by Crippen LogP contribution is -2.34. The number of rotatable bonds is 1. The van der Waals surface area contributed by atoms with E-state index in [0.717, 1.165) is 31.5 Å². The Balaban J connectivity index is 2.28. The molecule has 2 bridgehead atoms. The van der Waals surface area contributed by atoms with Crippen molar-refractivity contribution in [2.45, 2.75) is 25.8 Å². The van der Waals surface area contributed by atoms with Gasteiger partial charge in [-0.05, 0) is 36.3 Å². The number of allylic oxidation sites excluding steroid dienone is 3. The molecule has 1 atom stereocenters. The fraction of sp³-hybridized carbons (Fsp3) is 0.429. The van der Waals surface area contributed by atoms with Crippen molar-refractivity contribution in [3.05, 3.63) is 47.7 Å². The van der Waals surface area contributed by atoms with Crippen molar-refractivity contribution in [2.24, 2.45) is 5.73 Å². The standard InChI is InChI=1S/C14H20N2/c1-3-12-6-11(2)7-14(15)10-16-5-4-13(8-12)9-16/h4-6,8,14H,2-3,7,9-10,15H2,1H3/b12-6-,13-8-. The van der Waals surface area contributed by atoms with Crippen LogP contribution in [0.15, 0.2) is 47.7 Å². The summed E-state index contributed by atoms with van der Waals surface area (Å²) in [6.07, 6.45) is 10.7. The highest BCUT2D eigenvalue weighted by atomic mass is 15.1. The first-order valence-corrected chi connectivity index (χ1v) is 5.94. The van der Waals surface area contributed by atoms with Gasteiger partial charge in [-0.1, -0.05) is 31.2 Å². The molecule has 86 valence electrons. The highest BCUT2D eigenvalue weighted by Crippen LogP contribution is 2.20. The summed E-state index contributed by atoms with van der Waals surface area (Å²) in [6.45, 7) is 8.18. The van der Waals surface area contributed by atoms with Crippen molar-refractivity contribution < 1.29 is 0 Å². The molecule has 0 aromatic rings. The van der Waals surface area contributed by atoms with Crippen LogP contribution < -0.4 is 5.73 Å². The third-order valence-electron chi connectivity index (χ3n) is 3.05. The van der Waals surface area contributed by atoms with Gasteiger partial charge in [0.2, 0.25) is 0 Å². The van der Waals surface area contributed by atoms with Gasteiger partial charge in [0.25, 0.3) is 0 Å². The molecule has 1 unspecified atom stereocenters. The van der Waals surface area contributed by atoms with Crippen LogP contribution in [0.1, 0.15) is 19.8 Å². The fourth-order valence-electron chi connectivity index (χ4n) is 2.27. The number of fused-ring (bicyclic) bond motifs is 2. The van der Waals surface area contributed by atoms with E-state index in [1.165, 1.54) is 11.1 Å². The van der Waals surface area contributed by atoms with Gasteiger partial charge in [0.1, 0.15) is 0 Å². The number of nitrogens with two attached hydrogens (primary N) is 1. The maximum atomic E-state index is 6.10. The minimum atomic E-state index is 0.184. The van der Waals surface area contributed by atoms with E-state index < -0.39 is 0 Å². The van der Waals surface area contributed by atoms with Gasteiger partial charge >= 0.3 is 0 Å². The minimum absolute atomic E-state index is 0.184. The smallest absolute Gasteiger partial charge is 0.0425 e. The largest absolute Gasteiger partial charge is 0.372 e. The normalized spacial score (nSPS) is 32.0. The van der Waals surface area contributed by atoms with Gasteiger partial charge in [-0.25, -0.2) is 0 Å².